The second-order valence-corrected chi connectivity index (χ2v) is 3.22. The molecule has 5 nitrogen and oxygen atoms in total. The summed E-state index contributed by atoms with van der Waals surface area (Å²) in [7, 11) is 1.33. The largest absolute Gasteiger partial charge is 0.465 e. The van der Waals surface area contributed by atoms with Gasteiger partial charge in [0.2, 0.25) is 0 Å². The van der Waals surface area contributed by atoms with Gasteiger partial charge in [-0.3, -0.25) is 0 Å². The number of methoxy groups -OCH3 is 1. The van der Waals surface area contributed by atoms with Crippen LogP contribution in [0.1, 0.15) is 16.2 Å². The highest BCUT2D eigenvalue weighted by Crippen LogP contribution is 2.19. The van der Waals surface area contributed by atoms with Crippen LogP contribution in [-0.2, 0) is 4.74 Å². The minimum Gasteiger partial charge on any atom is -0.465 e. The van der Waals surface area contributed by atoms with E-state index < -0.39 is 5.97 Å². The van der Waals surface area contributed by atoms with Crippen LogP contribution < -0.4 is 0 Å². The number of rotatable bonds is 2. The summed E-state index contributed by atoms with van der Waals surface area (Å²) >= 11 is 0. The summed E-state index contributed by atoms with van der Waals surface area (Å²) in [6.45, 7) is 0. The van der Waals surface area contributed by atoms with Gasteiger partial charge in [-0.2, -0.15) is 10.2 Å². The monoisotopic (exact) mass is 228 g/mol. The van der Waals surface area contributed by atoms with Crippen LogP contribution in [0.3, 0.4) is 0 Å². The summed E-state index contributed by atoms with van der Waals surface area (Å²) in [6, 6.07) is 8.48. The second kappa shape index (κ2) is 4.49. The number of esters is 1. The molecule has 0 bridgehead atoms. The van der Waals surface area contributed by atoms with E-state index in [-0.39, 0.29) is 5.89 Å². The first-order chi connectivity index (χ1) is 8.24. The third-order valence-corrected chi connectivity index (χ3v) is 2.20. The quantitative estimate of drug-likeness (QED) is 0.734. The predicted molar refractivity (Wildman–Crippen MR) is 58.0 cm³/mol. The lowest BCUT2D eigenvalue weighted by atomic mass is 10.1. The van der Waals surface area contributed by atoms with Crippen molar-refractivity contribution in [1.29, 1.82) is 5.26 Å². The molecule has 1 aromatic heterocycles. The Morgan fingerprint density at radius 1 is 1.41 bits per heavy atom. The molecule has 0 radical (unpaired) electrons. The van der Waals surface area contributed by atoms with Crippen molar-refractivity contribution >= 4 is 5.97 Å². The minimum atomic E-state index is -0.394. The molecule has 0 saturated heterocycles. The Morgan fingerprint density at radius 3 is 2.65 bits per heavy atom. The lowest BCUT2D eigenvalue weighted by molar-refractivity contribution is 0.0601. The average molecular weight is 228 g/mol. The highest BCUT2D eigenvalue weighted by atomic mass is 16.5. The number of nitriles is 1. The van der Waals surface area contributed by atoms with E-state index in [1.807, 2.05) is 0 Å². The summed E-state index contributed by atoms with van der Waals surface area (Å²) in [6.07, 6.45) is 1.39. The van der Waals surface area contributed by atoms with E-state index in [4.69, 9.17) is 9.68 Å². The van der Waals surface area contributed by atoms with E-state index in [0.717, 1.165) is 5.56 Å². The van der Waals surface area contributed by atoms with Crippen LogP contribution in [-0.4, -0.2) is 18.1 Å². The van der Waals surface area contributed by atoms with E-state index in [9.17, 15) is 4.79 Å². The molecule has 0 amide bonds. The van der Waals surface area contributed by atoms with E-state index in [1.54, 1.807) is 30.3 Å². The van der Waals surface area contributed by atoms with Gasteiger partial charge in [0.1, 0.15) is 12.0 Å². The van der Waals surface area contributed by atoms with Crippen molar-refractivity contribution in [2.45, 2.75) is 0 Å². The summed E-state index contributed by atoms with van der Waals surface area (Å²) in [5, 5.41) is 8.58. The molecule has 1 aromatic carbocycles. The molecule has 0 aliphatic heterocycles. The van der Waals surface area contributed by atoms with Crippen LogP contribution in [0.2, 0.25) is 0 Å². The topological polar surface area (TPSA) is 76.1 Å². The maximum atomic E-state index is 11.2. The fourth-order valence-corrected chi connectivity index (χ4v) is 1.35. The molecule has 0 spiro atoms. The zero-order valence-electron chi connectivity index (χ0n) is 9.01. The van der Waals surface area contributed by atoms with Crippen molar-refractivity contribution in [3.8, 4) is 17.3 Å². The SMILES string of the molecule is COC(=O)c1ccc(-c2coc(C#N)n2)cc1. The Bertz CT molecular complexity index is 579. The standard InChI is InChI=1S/C12H8N2O3/c1-16-12(15)9-4-2-8(3-5-9)10-7-17-11(6-13)14-10/h2-5,7H,1H3. The van der Waals surface area contributed by atoms with Gasteiger partial charge in [-0.25, -0.2) is 4.79 Å². The number of hydrogen-bond donors (Lipinski definition) is 0. The van der Waals surface area contributed by atoms with Crippen LogP contribution in [0.15, 0.2) is 34.9 Å². The third kappa shape index (κ3) is 2.16. The van der Waals surface area contributed by atoms with Gasteiger partial charge in [0.25, 0.3) is 0 Å². The Balaban J connectivity index is 2.29. The predicted octanol–water partition coefficient (Wildman–Crippen LogP) is 2.00. The number of nitrogens with zero attached hydrogens (tertiary/aromatic N) is 2. The highest BCUT2D eigenvalue weighted by Gasteiger charge is 2.08. The van der Waals surface area contributed by atoms with Crippen LogP contribution in [0.25, 0.3) is 11.3 Å². The maximum Gasteiger partial charge on any atom is 0.337 e. The van der Waals surface area contributed by atoms with Crippen molar-refractivity contribution < 1.29 is 13.9 Å². The van der Waals surface area contributed by atoms with Gasteiger partial charge in [0.15, 0.2) is 6.07 Å². The molecule has 0 unspecified atom stereocenters. The van der Waals surface area contributed by atoms with E-state index in [2.05, 4.69) is 9.72 Å². The van der Waals surface area contributed by atoms with E-state index in [1.165, 1.54) is 13.4 Å². The number of oxazole rings is 1. The molecule has 17 heavy (non-hydrogen) atoms. The molecule has 0 atom stereocenters. The fraction of sp³-hybridized carbons (Fsp3) is 0.0833. The highest BCUT2D eigenvalue weighted by molar-refractivity contribution is 5.89. The van der Waals surface area contributed by atoms with Crippen molar-refractivity contribution in [1.82, 2.24) is 4.98 Å². The van der Waals surface area contributed by atoms with Crippen LogP contribution >= 0.6 is 0 Å². The maximum absolute atomic E-state index is 11.2. The van der Waals surface area contributed by atoms with E-state index in [0.29, 0.717) is 11.3 Å². The fourth-order valence-electron chi connectivity index (χ4n) is 1.35. The van der Waals surface area contributed by atoms with Crippen LogP contribution in [0.4, 0.5) is 0 Å². The van der Waals surface area contributed by atoms with Crippen LogP contribution in [0.5, 0.6) is 0 Å². The molecular formula is C12H8N2O3. The Morgan fingerprint density at radius 2 is 2.12 bits per heavy atom. The number of ether oxygens (including phenoxy) is 1. The molecule has 2 rings (SSSR count). The van der Waals surface area contributed by atoms with Crippen LogP contribution in [0, 0.1) is 11.3 Å². The van der Waals surface area contributed by atoms with Crippen molar-refractivity contribution in [3.63, 3.8) is 0 Å². The molecule has 84 valence electrons. The first-order valence-corrected chi connectivity index (χ1v) is 4.79. The number of hydrogen-bond acceptors (Lipinski definition) is 5. The molecule has 0 fully saturated rings. The lowest BCUT2D eigenvalue weighted by Gasteiger charge is -1.99. The number of carbonyl (C=O) groups is 1. The smallest absolute Gasteiger partial charge is 0.337 e. The molecule has 2 aromatic rings. The van der Waals surface area contributed by atoms with Gasteiger partial charge in [-0.1, -0.05) is 12.1 Å². The molecule has 1 heterocycles. The van der Waals surface area contributed by atoms with Gasteiger partial charge >= 0.3 is 11.9 Å². The van der Waals surface area contributed by atoms with E-state index >= 15 is 0 Å². The number of benzene rings is 1. The van der Waals surface area contributed by atoms with Crippen molar-refractivity contribution in [2.24, 2.45) is 0 Å². The number of aromatic nitrogens is 1. The summed E-state index contributed by atoms with van der Waals surface area (Å²) < 4.78 is 9.49. The Labute approximate surface area is 97.3 Å². The summed E-state index contributed by atoms with van der Waals surface area (Å²) in [5.74, 6) is -0.383. The molecule has 0 N–H and O–H groups in total. The Kier molecular flexibility index (Phi) is 2.88. The van der Waals surface area contributed by atoms with Gasteiger partial charge in [0, 0.05) is 5.56 Å². The number of carbonyl (C=O) groups excluding carboxylic acids is 1. The first kappa shape index (κ1) is 10.9. The summed E-state index contributed by atoms with van der Waals surface area (Å²) in [5.41, 5.74) is 1.78. The molecule has 5 heteroatoms. The van der Waals surface area contributed by atoms with Gasteiger partial charge < -0.3 is 9.15 Å². The van der Waals surface area contributed by atoms with Gasteiger partial charge in [0.05, 0.1) is 12.7 Å². The zero-order chi connectivity index (χ0) is 12.3. The van der Waals surface area contributed by atoms with Crippen molar-refractivity contribution in [2.75, 3.05) is 7.11 Å². The zero-order valence-corrected chi connectivity index (χ0v) is 9.01. The molecule has 0 saturated carbocycles. The average Bonchev–Trinajstić information content (AvgIpc) is 2.87. The molecular weight excluding hydrogens is 220 g/mol. The first-order valence-electron chi connectivity index (χ1n) is 4.79. The molecule has 0 aliphatic carbocycles. The lowest BCUT2D eigenvalue weighted by Crippen LogP contribution is -2.00. The Hall–Kier alpha value is -2.61. The minimum absolute atomic E-state index is 0.0112. The van der Waals surface area contributed by atoms with Gasteiger partial charge in [-0.05, 0) is 12.1 Å². The summed E-state index contributed by atoms with van der Waals surface area (Å²) in [4.78, 5) is 15.2. The third-order valence-electron chi connectivity index (χ3n) is 2.20. The normalized spacial score (nSPS) is 9.65. The van der Waals surface area contributed by atoms with Crippen molar-refractivity contribution in [3.05, 3.63) is 42.0 Å². The second-order valence-electron chi connectivity index (χ2n) is 3.22. The van der Waals surface area contributed by atoms with Gasteiger partial charge in [-0.15, -0.1) is 0 Å². The molecule has 0 aliphatic rings.